The van der Waals surface area contributed by atoms with E-state index >= 15 is 0 Å². The maximum Gasteiger partial charge on any atom is 0.122 e. The number of nitrogen functional groups attached to an aromatic ring is 1. The fourth-order valence-corrected chi connectivity index (χ4v) is 1.16. The summed E-state index contributed by atoms with van der Waals surface area (Å²) in [4.78, 5) is 0. The summed E-state index contributed by atoms with van der Waals surface area (Å²) in [6, 6.07) is 1.94. The highest BCUT2D eigenvalue weighted by Gasteiger charge is 2.17. The summed E-state index contributed by atoms with van der Waals surface area (Å²) in [7, 11) is 0. The molecule has 1 rings (SSSR count). The summed E-state index contributed by atoms with van der Waals surface area (Å²) in [5.74, 6) is 0.749. The standard InChI is InChI=1S/C9H17N3/c1-5-7-6-8(10)12(11-7)9(2,3)4/h6H,5,10H2,1-4H3. The molecule has 3 heteroatoms. The summed E-state index contributed by atoms with van der Waals surface area (Å²) in [6.45, 7) is 8.36. The minimum Gasteiger partial charge on any atom is -0.384 e. The zero-order valence-corrected chi connectivity index (χ0v) is 8.26. The largest absolute Gasteiger partial charge is 0.384 e. The van der Waals surface area contributed by atoms with Crippen molar-refractivity contribution in [2.24, 2.45) is 0 Å². The van der Waals surface area contributed by atoms with Gasteiger partial charge < -0.3 is 5.73 Å². The number of aryl methyl sites for hydroxylation is 1. The van der Waals surface area contributed by atoms with Crippen molar-refractivity contribution in [1.82, 2.24) is 9.78 Å². The predicted molar refractivity (Wildman–Crippen MR) is 51.0 cm³/mol. The minimum atomic E-state index is -0.0164. The van der Waals surface area contributed by atoms with Crippen LogP contribution in [0, 0.1) is 0 Å². The van der Waals surface area contributed by atoms with E-state index < -0.39 is 0 Å². The zero-order chi connectivity index (χ0) is 9.35. The van der Waals surface area contributed by atoms with E-state index in [1.165, 1.54) is 0 Å². The Morgan fingerprint density at radius 3 is 2.33 bits per heavy atom. The van der Waals surface area contributed by atoms with Crippen LogP contribution in [0.1, 0.15) is 33.4 Å². The average molecular weight is 167 g/mol. The number of nitrogens with two attached hydrogens (primary N) is 1. The molecule has 0 atom stereocenters. The molecule has 0 aliphatic rings. The molecule has 3 nitrogen and oxygen atoms in total. The van der Waals surface area contributed by atoms with E-state index in [0.717, 1.165) is 17.9 Å². The predicted octanol–water partition coefficient (Wildman–Crippen LogP) is 1.78. The van der Waals surface area contributed by atoms with E-state index in [1.54, 1.807) is 0 Å². The van der Waals surface area contributed by atoms with Crippen LogP contribution in [0.25, 0.3) is 0 Å². The molecule has 0 spiro atoms. The molecule has 2 N–H and O–H groups in total. The van der Waals surface area contributed by atoms with Gasteiger partial charge in [0, 0.05) is 6.07 Å². The van der Waals surface area contributed by atoms with Gasteiger partial charge >= 0.3 is 0 Å². The van der Waals surface area contributed by atoms with Crippen molar-refractivity contribution in [3.63, 3.8) is 0 Å². The van der Waals surface area contributed by atoms with Crippen molar-refractivity contribution >= 4 is 5.82 Å². The smallest absolute Gasteiger partial charge is 0.122 e. The lowest BCUT2D eigenvalue weighted by atomic mass is 10.1. The average Bonchev–Trinajstić information content (AvgIpc) is 2.29. The molecule has 0 radical (unpaired) electrons. The molecule has 0 aromatic carbocycles. The summed E-state index contributed by atoms with van der Waals surface area (Å²) < 4.78 is 1.87. The summed E-state index contributed by atoms with van der Waals surface area (Å²) in [6.07, 6.45) is 0.938. The molecule has 0 unspecified atom stereocenters. The molecule has 1 aromatic rings. The van der Waals surface area contributed by atoms with Gasteiger partial charge in [0.05, 0.1) is 11.2 Å². The van der Waals surface area contributed by atoms with Crippen molar-refractivity contribution in [3.05, 3.63) is 11.8 Å². The fourth-order valence-electron chi connectivity index (χ4n) is 1.16. The minimum absolute atomic E-state index is 0.0164. The van der Waals surface area contributed by atoms with Crippen molar-refractivity contribution in [1.29, 1.82) is 0 Å². The Morgan fingerprint density at radius 1 is 1.50 bits per heavy atom. The van der Waals surface area contributed by atoms with Crippen LogP contribution in [0.4, 0.5) is 5.82 Å². The van der Waals surface area contributed by atoms with Gasteiger partial charge in [0.15, 0.2) is 0 Å². The second kappa shape index (κ2) is 2.81. The van der Waals surface area contributed by atoms with Crippen molar-refractivity contribution < 1.29 is 0 Å². The van der Waals surface area contributed by atoms with E-state index in [2.05, 4.69) is 32.8 Å². The lowest BCUT2D eigenvalue weighted by Crippen LogP contribution is -2.24. The van der Waals surface area contributed by atoms with Gasteiger partial charge in [-0.3, -0.25) is 0 Å². The first-order valence-corrected chi connectivity index (χ1v) is 4.30. The maximum atomic E-state index is 5.80. The normalized spacial score (nSPS) is 12.0. The van der Waals surface area contributed by atoms with E-state index in [9.17, 15) is 0 Å². The van der Waals surface area contributed by atoms with Crippen LogP contribution in [0.3, 0.4) is 0 Å². The molecule has 0 fully saturated rings. The molecule has 0 saturated heterocycles. The van der Waals surface area contributed by atoms with Crippen LogP contribution < -0.4 is 5.73 Å². The summed E-state index contributed by atoms with van der Waals surface area (Å²) >= 11 is 0. The molecule has 0 bridgehead atoms. The van der Waals surface area contributed by atoms with Gasteiger partial charge in [0.2, 0.25) is 0 Å². The molecule has 0 saturated carbocycles. The van der Waals surface area contributed by atoms with E-state index in [0.29, 0.717) is 0 Å². The Balaban J connectivity index is 3.08. The van der Waals surface area contributed by atoms with Crippen LogP contribution in [0.5, 0.6) is 0 Å². The van der Waals surface area contributed by atoms with Crippen molar-refractivity contribution in [3.8, 4) is 0 Å². The second-order valence-electron chi connectivity index (χ2n) is 4.00. The molecular formula is C9H17N3. The Hall–Kier alpha value is -0.990. The van der Waals surface area contributed by atoms with Gasteiger partial charge in [-0.25, -0.2) is 4.68 Å². The molecular weight excluding hydrogens is 150 g/mol. The van der Waals surface area contributed by atoms with Crippen molar-refractivity contribution in [2.75, 3.05) is 5.73 Å². The number of hydrogen-bond donors (Lipinski definition) is 1. The third-order valence-electron chi connectivity index (χ3n) is 1.79. The molecule has 0 aliphatic heterocycles. The van der Waals surface area contributed by atoms with Crippen LogP contribution in [-0.4, -0.2) is 9.78 Å². The Morgan fingerprint density at radius 2 is 2.08 bits per heavy atom. The third kappa shape index (κ3) is 1.60. The second-order valence-corrected chi connectivity index (χ2v) is 4.00. The Labute approximate surface area is 73.6 Å². The Bertz CT molecular complexity index is 268. The molecule has 68 valence electrons. The third-order valence-corrected chi connectivity index (χ3v) is 1.79. The zero-order valence-electron chi connectivity index (χ0n) is 8.26. The van der Waals surface area contributed by atoms with Gasteiger partial charge in [0.25, 0.3) is 0 Å². The maximum absolute atomic E-state index is 5.80. The van der Waals surface area contributed by atoms with Crippen LogP contribution >= 0.6 is 0 Å². The topological polar surface area (TPSA) is 43.8 Å². The number of rotatable bonds is 1. The van der Waals surface area contributed by atoms with Gasteiger partial charge in [-0.2, -0.15) is 5.10 Å². The quantitative estimate of drug-likeness (QED) is 0.693. The monoisotopic (exact) mass is 167 g/mol. The summed E-state index contributed by atoms with van der Waals surface area (Å²) in [5, 5.41) is 4.39. The molecule has 12 heavy (non-hydrogen) atoms. The van der Waals surface area contributed by atoms with Gasteiger partial charge in [-0.1, -0.05) is 6.92 Å². The highest BCUT2D eigenvalue weighted by molar-refractivity contribution is 5.32. The van der Waals surface area contributed by atoms with Crippen LogP contribution in [0.2, 0.25) is 0 Å². The van der Waals surface area contributed by atoms with E-state index in [4.69, 9.17) is 5.73 Å². The van der Waals surface area contributed by atoms with Crippen LogP contribution in [-0.2, 0) is 12.0 Å². The number of nitrogens with zero attached hydrogens (tertiary/aromatic N) is 2. The lowest BCUT2D eigenvalue weighted by molar-refractivity contribution is 0.359. The van der Waals surface area contributed by atoms with Gasteiger partial charge in [-0.15, -0.1) is 0 Å². The number of aromatic nitrogens is 2. The number of anilines is 1. The van der Waals surface area contributed by atoms with Gasteiger partial charge in [-0.05, 0) is 27.2 Å². The van der Waals surface area contributed by atoms with E-state index in [1.807, 2.05) is 10.7 Å². The lowest BCUT2D eigenvalue weighted by Gasteiger charge is -2.20. The highest BCUT2D eigenvalue weighted by Crippen LogP contribution is 2.18. The first-order valence-electron chi connectivity index (χ1n) is 4.30. The SMILES string of the molecule is CCc1cc(N)n(C(C)(C)C)n1. The van der Waals surface area contributed by atoms with E-state index in [-0.39, 0.29) is 5.54 Å². The molecule has 1 aromatic heterocycles. The Kier molecular flexibility index (Phi) is 2.13. The first-order chi connectivity index (χ1) is 5.45. The van der Waals surface area contributed by atoms with Gasteiger partial charge in [0.1, 0.15) is 5.82 Å². The van der Waals surface area contributed by atoms with Crippen LogP contribution in [0.15, 0.2) is 6.07 Å². The fraction of sp³-hybridized carbons (Fsp3) is 0.667. The van der Waals surface area contributed by atoms with Crippen molar-refractivity contribution in [2.45, 2.75) is 39.7 Å². The molecule has 0 aliphatic carbocycles. The summed E-state index contributed by atoms with van der Waals surface area (Å²) in [5.41, 5.74) is 6.84. The number of hydrogen-bond acceptors (Lipinski definition) is 2. The molecule has 1 heterocycles. The first kappa shape index (κ1) is 9.10. The highest BCUT2D eigenvalue weighted by atomic mass is 15.3. The molecule has 0 amide bonds.